The SMILES string of the molecule is COC(=O)Cc1ccc(C=[N+]=[N-])cc1. The van der Waals surface area contributed by atoms with Crippen LogP contribution in [0.2, 0.25) is 0 Å². The maximum absolute atomic E-state index is 10.9. The van der Waals surface area contributed by atoms with Gasteiger partial charge in [0, 0.05) is 0 Å². The van der Waals surface area contributed by atoms with Crippen LogP contribution in [0.15, 0.2) is 24.3 Å². The first-order chi connectivity index (χ1) is 6.76. The van der Waals surface area contributed by atoms with Gasteiger partial charge in [0.1, 0.15) is 0 Å². The van der Waals surface area contributed by atoms with Gasteiger partial charge in [0.05, 0.1) is 19.1 Å². The third-order valence-corrected chi connectivity index (χ3v) is 1.76. The van der Waals surface area contributed by atoms with E-state index in [0.29, 0.717) is 0 Å². The lowest BCUT2D eigenvalue weighted by molar-refractivity contribution is -0.139. The average molecular weight is 190 g/mol. The molecule has 0 aliphatic rings. The maximum atomic E-state index is 10.9. The molecule has 0 atom stereocenters. The summed E-state index contributed by atoms with van der Waals surface area (Å²) >= 11 is 0. The molecule has 0 saturated carbocycles. The Morgan fingerprint density at radius 3 is 2.64 bits per heavy atom. The third-order valence-electron chi connectivity index (χ3n) is 1.76. The van der Waals surface area contributed by atoms with Gasteiger partial charge in [-0.05, 0) is 17.7 Å². The number of hydrogen-bond acceptors (Lipinski definition) is 2. The quantitative estimate of drug-likeness (QED) is 0.309. The first-order valence-corrected chi connectivity index (χ1v) is 4.09. The number of nitrogens with zero attached hydrogens (tertiary/aromatic N) is 2. The predicted octanol–water partition coefficient (Wildman–Crippen LogP) is 1.05. The number of rotatable bonds is 3. The van der Waals surface area contributed by atoms with Gasteiger partial charge in [0.25, 0.3) is 6.21 Å². The molecule has 4 heteroatoms. The van der Waals surface area contributed by atoms with E-state index in [9.17, 15) is 4.79 Å². The van der Waals surface area contributed by atoms with E-state index in [1.807, 2.05) is 0 Å². The van der Waals surface area contributed by atoms with Gasteiger partial charge in [0.15, 0.2) is 0 Å². The number of ether oxygens (including phenoxy) is 1. The van der Waals surface area contributed by atoms with E-state index >= 15 is 0 Å². The third kappa shape index (κ3) is 2.84. The van der Waals surface area contributed by atoms with Crippen LogP contribution in [0.4, 0.5) is 0 Å². The van der Waals surface area contributed by atoms with Crippen molar-refractivity contribution in [2.24, 2.45) is 0 Å². The molecule has 14 heavy (non-hydrogen) atoms. The lowest BCUT2D eigenvalue weighted by Crippen LogP contribution is -2.04. The Balaban J connectivity index is 2.73. The fraction of sp³-hybridized carbons (Fsp3) is 0.200. The highest BCUT2D eigenvalue weighted by Crippen LogP contribution is 2.03. The number of carbonyl (C=O) groups excluding carboxylic acids is 1. The molecule has 4 nitrogen and oxygen atoms in total. The van der Waals surface area contributed by atoms with Crippen molar-refractivity contribution in [1.82, 2.24) is 0 Å². The zero-order chi connectivity index (χ0) is 10.4. The molecule has 0 aliphatic carbocycles. The first kappa shape index (κ1) is 10.2. The monoisotopic (exact) mass is 190 g/mol. The molecule has 0 amide bonds. The van der Waals surface area contributed by atoms with E-state index in [1.165, 1.54) is 13.3 Å². The van der Waals surface area contributed by atoms with Crippen LogP contribution >= 0.6 is 0 Å². The van der Waals surface area contributed by atoms with Crippen molar-refractivity contribution < 1.29 is 14.3 Å². The molecule has 72 valence electrons. The van der Waals surface area contributed by atoms with E-state index in [1.54, 1.807) is 24.3 Å². The van der Waals surface area contributed by atoms with Crippen molar-refractivity contribution in [2.75, 3.05) is 7.11 Å². The molecule has 0 fully saturated rings. The van der Waals surface area contributed by atoms with E-state index in [0.717, 1.165) is 11.1 Å². The van der Waals surface area contributed by atoms with Gasteiger partial charge in [-0.2, -0.15) is 4.79 Å². The fourth-order valence-electron chi connectivity index (χ4n) is 1.03. The Bertz CT molecular complexity index is 364. The van der Waals surface area contributed by atoms with Crippen molar-refractivity contribution >= 4 is 12.2 Å². The van der Waals surface area contributed by atoms with Crippen molar-refractivity contribution in [2.45, 2.75) is 6.42 Å². The molecule has 0 radical (unpaired) electrons. The standard InChI is InChI=1S/C10H10N2O2/c1-14-10(13)6-8-2-4-9(5-3-8)7-12-11/h2-5,7H,6H2,1H3. The van der Waals surface area contributed by atoms with Gasteiger partial charge in [-0.15, -0.1) is 0 Å². The second-order valence-electron chi connectivity index (χ2n) is 2.74. The van der Waals surface area contributed by atoms with Gasteiger partial charge in [-0.3, -0.25) is 4.79 Å². The molecule has 1 aromatic carbocycles. The van der Waals surface area contributed by atoms with Crippen LogP contribution in [-0.2, 0) is 16.0 Å². The smallest absolute Gasteiger partial charge is 0.309 e. The Morgan fingerprint density at radius 1 is 1.50 bits per heavy atom. The fourth-order valence-corrected chi connectivity index (χ4v) is 1.03. The molecule has 0 saturated heterocycles. The van der Waals surface area contributed by atoms with Crippen molar-refractivity contribution in [3.8, 4) is 0 Å². The summed E-state index contributed by atoms with van der Waals surface area (Å²) < 4.78 is 4.53. The van der Waals surface area contributed by atoms with Crippen LogP contribution in [0.25, 0.3) is 5.53 Å². The van der Waals surface area contributed by atoms with Crippen molar-refractivity contribution in [3.05, 3.63) is 40.9 Å². The number of methoxy groups -OCH3 is 1. The average Bonchev–Trinajstić information content (AvgIpc) is 2.21. The van der Waals surface area contributed by atoms with Gasteiger partial charge in [-0.1, -0.05) is 12.1 Å². The first-order valence-electron chi connectivity index (χ1n) is 4.09. The lowest BCUT2D eigenvalue weighted by Gasteiger charge is -1.98. The molecule has 0 spiro atoms. The van der Waals surface area contributed by atoms with E-state index < -0.39 is 0 Å². The predicted molar refractivity (Wildman–Crippen MR) is 50.9 cm³/mol. The minimum Gasteiger partial charge on any atom is -0.469 e. The second-order valence-corrected chi connectivity index (χ2v) is 2.74. The second kappa shape index (κ2) is 4.94. The summed E-state index contributed by atoms with van der Waals surface area (Å²) in [5.41, 5.74) is 9.91. The van der Waals surface area contributed by atoms with Gasteiger partial charge >= 0.3 is 5.97 Å². The zero-order valence-corrected chi connectivity index (χ0v) is 7.80. The largest absolute Gasteiger partial charge is 0.469 e. The molecule has 0 aliphatic heterocycles. The summed E-state index contributed by atoms with van der Waals surface area (Å²) in [6, 6.07) is 7.10. The summed E-state index contributed by atoms with van der Waals surface area (Å²) in [6.45, 7) is 0. The van der Waals surface area contributed by atoms with Crippen LogP contribution in [0.1, 0.15) is 11.1 Å². The van der Waals surface area contributed by atoms with Gasteiger partial charge < -0.3 is 10.3 Å². The summed E-state index contributed by atoms with van der Waals surface area (Å²) in [6.07, 6.45) is 1.58. The molecule has 0 aromatic heterocycles. The topological polar surface area (TPSA) is 62.7 Å². The van der Waals surface area contributed by atoms with E-state index in [2.05, 4.69) is 9.53 Å². The molecular weight excluding hydrogens is 180 g/mol. The Kier molecular flexibility index (Phi) is 3.58. The minimum absolute atomic E-state index is 0.257. The molecule has 1 rings (SSSR count). The summed E-state index contributed by atoms with van der Waals surface area (Å²) in [7, 11) is 1.36. The minimum atomic E-state index is -0.270. The number of carbonyl (C=O) groups is 1. The van der Waals surface area contributed by atoms with Gasteiger partial charge in [0.2, 0.25) is 0 Å². The highest BCUT2D eigenvalue weighted by Gasteiger charge is 2.02. The molecule has 1 aromatic rings. The van der Waals surface area contributed by atoms with Crippen LogP contribution in [0.5, 0.6) is 0 Å². The maximum Gasteiger partial charge on any atom is 0.309 e. The Hall–Kier alpha value is -1.93. The number of benzene rings is 1. The molecule has 0 bridgehead atoms. The number of esters is 1. The highest BCUT2D eigenvalue weighted by atomic mass is 16.5. The molecule has 0 heterocycles. The normalized spacial score (nSPS) is 8.93. The zero-order valence-electron chi connectivity index (χ0n) is 7.80. The Morgan fingerprint density at radius 2 is 2.14 bits per heavy atom. The lowest BCUT2D eigenvalue weighted by atomic mass is 10.1. The highest BCUT2D eigenvalue weighted by molar-refractivity contribution is 5.76. The van der Waals surface area contributed by atoms with Crippen LogP contribution < -0.4 is 0 Å². The summed E-state index contributed by atoms with van der Waals surface area (Å²) in [4.78, 5) is 13.8. The van der Waals surface area contributed by atoms with Gasteiger partial charge in [-0.25, -0.2) is 0 Å². The van der Waals surface area contributed by atoms with Crippen molar-refractivity contribution in [3.63, 3.8) is 0 Å². The van der Waals surface area contributed by atoms with E-state index in [4.69, 9.17) is 5.53 Å². The Labute approximate surface area is 81.7 Å². The van der Waals surface area contributed by atoms with Crippen LogP contribution in [0, 0.1) is 0 Å². The summed E-state index contributed by atoms with van der Waals surface area (Å²) in [5.74, 6) is -0.270. The van der Waals surface area contributed by atoms with Crippen LogP contribution in [-0.4, -0.2) is 24.1 Å². The molecular formula is C10H10N2O2. The van der Waals surface area contributed by atoms with Crippen LogP contribution in [0.3, 0.4) is 0 Å². The van der Waals surface area contributed by atoms with E-state index in [-0.39, 0.29) is 12.4 Å². The molecule has 0 unspecified atom stereocenters. The number of hydrogen-bond donors (Lipinski definition) is 0. The van der Waals surface area contributed by atoms with Crippen molar-refractivity contribution in [1.29, 1.82) is 0 Å². The molecule has 0 N–H and O–H groups in total. The summed E-state index contributed by atoms with van der Waals surface area (Å²) in [5, 5.41) is 0.